The predicted octanol–water partition coefficient (Wildman–Crippen LogP) is 2.15. The van der Waals surface area contributed by atoms with Gasteiger partial charge >= 0.3 is 0 Å². The van der Waals surface area contributed by atoms with E-state index in [0.717, 1.165) is 30.1 Å². The van der Waals surface area contributed by atoms with Crippen LogP contribution in [0.5, 0.6) is 0 Å². The summed E-state index contributed by atoms with van der Waals surface area (Å²) in [6.45, 7) is 0.818. The molecular formula is C13H19ClN2O. The van der Waals surface area contributed by atoms with E-state index in [0.29, 0.717) is 6.42 Å². The number of amides is 1. The molecule has 0 atom stereocenters. The third kappa shape index (κ3) is 5.09. The fourth-order valence-corrected chi connectivity index (χ4v) is 1.71. The van der Waals surface area contributed by atoms with Gasteiger partial charge in [0.05, 0.1) is 6.42 Å². The molecule has 0 heterocycles. The van der Waals surface area contributed by atoms with E-state index >= 15 is 0 Å². The molecule has 17 heavy (non-hydrogen) atoms. The quantitative estimate of drug-likeness (QED) is 0.791. The van der Waals surface area contributed by atoms with E-state index in [2.05, 4.69) is 5.32 Å². The van der Waals surface area contributed by atoms with Gasteiger partial charge in [-0.05, 0) is 30.0 Å². The van der Waals surface area contributed by atoms with Crippen LogP contribution in [0.1, 0.15) is 24.8 Å². The summed E-state index contributed by atoms with van der Waals surface area (Å²) in [6, 6.07) is 7.45. The van der Waals surface area contributed by atoms with E-state index in [9.17, 15) is 4.79 Å². The van der Waals surface area contributed by atoms with E-state index in [1.807, 2.05) is 24.3 Å². The lowest BCUT2D eigenvalue weighted by atomic mass is 10.1. The molecule has 1 fully saturated rings. The molecule has 1 aliphatic rings. The number of halogens is 1. The van der Waals surface area contributed by atoms with Gasteiger partial charge in [0.25, 0.3) is 0 Å². The van der Waals surface area contributed by atoms with Crippen molar-refractivity contribution < 1.29 is 4.79 Å². The summed E-state index contributed by atoms with van der Waals surface area (Å²) in [5, 5.41) is 2.95. The molecule has 0 radical (unpaired) electrons. The summed E-state index contributed by atoms with van der Waals surface area (Å²) in [4.78, 5) is 11.6. The minimum Gasteiger partial charge on any atom is -0.399 e. The molecule has 0 bridgehead atoms. The molecule has 1 amide bonds. The van der Waals surface area contributed by atoms with Crippen LogP contribution in [0.3, 0.4) is 0 Å². The number of carbonyl (C=O) groups is 1. The molecule has 4 heteroatoms. The van der Waals surface area contributed by atoms with Crippen LogP contribution in [0.15, 0.2) is 24.3 Å². The summed E-state index contributed by atoms with van der Waals surface area (Å²) in [7, 11) is 0. The van der Waals surface area contributed by atoms with Crippen LogP contribution in [0, 0.1) is 5.92 Å². The average Bonchev–Trinajstić information content (AvgIpc) is 3.05. The second-order valence-corrected chi connectivity index (χ2v) is 4.50. The number of hydrogen-bond acceptors (Lipinski definition) is 2. The Balaban J connectivity index is 0.00000144. The molecule has 3 nitrogen and oxygen atoms in total. The van der Waals surface area contributed by atoms with Crippen LogP contribution in [0.2, 0.25) is 0 Å². The Kier molecular flexibility index (Phi) is 5.29. The average molecular weight is 255 g/mol. The second kappa shape index (κ2) is 6.50. The van der Waals surface area contributed by atoms with Crippen LogP contribution in [-0.4, -0.2) is 12.5 Å². The molecule has 1 saturated carbocycles. The Hall–Kier alpha value is -1.22. The maximum Gasteiger partial charge on any atom is 0.224 e. The van der Waals surface area contributed by atoms with Crippen LogP contribution in [-0.2, 0) is 11.2 Å². The predicted molar refractivity (Wildman–Crippen MR) is 72.2 cm³/mol. The zero-order valence-electron chi connectivity index (χ0n) is 9.82. The van der Waals surface area contributed by atoms with Crippen LogP contribution in [0.4, 0.5) is 5.69 Å². The Morgan fingerprint density at radius 3 is 2.53 bits per heavy atom. The van der Waals surface area contributed by atoms with Gasteiger partial charge < -0.3 is 11.1 Å². The maximum absolute atomic E-state index is 11.6. The lowest BCUT2D eigenvalue weighted by molar-refractivity contribution is -0.120. The van der Waals surface area contributed by atoms with Crippen molar-refractivity contribution in [1.82, 2.24) is 5.32 Å². The lowest BCUT2D eigenvalue weighted by Crippen LogP contribution is -2.26. The van der Waals surface area contributed by atoms with E-state index < -0.39 is 0 Å². The van der Waals surface area contributed by atoms with Gasteiger partial charge in [0.1, 0.15) is 0 Å². The minimum absolute atomic E-state index is 0. The first-order valence-electron chi connectivity index (χ1n) is 5.85. The summed E-state index contributed by atoms with van der Waals surface area (Å²) in [5.74, 6) is 0.974. The van der Waals surface area contributed by atoms with E-state index in [1.54, 1.807) is 0 Å². The summed E-state index contributed by atoms with van der Waals surface area (Å²) in [5.41, 5.74) is 7.32. The monoisotopic (exact) mass is 254 g/mol. The number of benzene rings is 1. The van der Waals surface area contributed by atoms with Gasteiger partial charge in [-0.1, -0.05) is 25.0 Å². The van der Waals surface area contributed by atoms with Gasteiger partial charge in [-0.15, -0.1) is 12.4 Å². The molecule has 0 spiro atoms. The third-order valence-corrected chi connectivity index (χ3v) is 2.92. The molecule has 94 valence electrons. The number of anilines is 1. The molecule has 0 unspecified atom stereocenters. The number of carbonyl (C=O) groups excluding carboxylic acids is 1. The SMILES string of the molecule is Cl.Nc1ccc(CC(=O)NCCC2CC2)cc1. The fraction of sp³-hybridized carbons (Fsp3) is 0.462. The highest BCUT2D eigenvalue weighted by Crippen LogP contribution is 2.31. The molecule has 3 N–H and O–H groups in total. The smallest absolute Gasteiger partial charge is 0.224 e. The number of hydrogen-bond donors (Lipinski definition) is 2. The van der Waals surface area contributed by atoms with Crippen molar-refractivity contribution in [2.75, 3.05) is 12.3 Å². The third-order valence-electron chi connectivity index (χ3n) is 2.92. The number of nitrogens with one attached hydrogen (secondary N) is 1. The number of rotatable bonds is 5. The minimum atomic E-state index is 0. The second-order valence-electron chi connectivity index (χ2n) is 4.50. The number of nitrogen functional groups attached to an aromatic ring is 1. The highest BCUT2D eigenvalue weighted by molar-refractivity contribution is 5.85. The van der Waals surface area contributed by atoms with Gasteiger partial charge in [0.15, 0.2) is 0 Å². The molecule has 1 aromatic rings. The highest BCUT2D eigenvalue weighted by Gasteiger charge is 2.20. The summed E-state index contributed by atoms with van der Waals surface area (Å²) >= 11 is 0. The Morgan fingerprint density at radius 2 is 1.94 bits per heavy atom. The van der Waals surface area contributed by atoms with Crippen molar-refractivity contribution in [3.8, 4) is 0 Å². The molecule has 2 rings (SSSR count). The van der Waals surface area contributed by atoms with Crippen LogP contribution < -0.4 is 11.1 Å². The highest BCUT2D eigenvalue weighted by atomic mass is 35.5. The van der Waals surface area contributed by atoms with E-state index in [1.165, 1.54) is 12.8 Å². The van der Waals surface area contributed by atoms with Crippen molar-refractivity contribution in [1.29, 1.82) is 0 Å². The maximum atomic E-state index is 11.6. The van der Waals surface area contributed by atoms with E-state index in [4.69, 9.17) is 5.73 Å². The van der Waals surface area contributed by atoms with Crippen LogP contribution >= 0.6 is 12.4 Å². The Labute approximate surface area is 108 Å². The van der Waals surface area contributed by atoms with Gasteiger partial charge in [0, 0.05) is 12.2 Å². The van der Waals surface area contributed by atoms with Crippen molar-refractivity contribution >= 4 is 24.0 Å². The lowest BCUT2D eigenvalue weighted by Gasteiger charge is -2.04. The number of nitrogens with two attached hydrogens (primary N) is 1. The van der Waals surface area contributed by atoms with Crippen molar-refractivity contribution in [2.45, 2.75) is 25.7 Å². The summed E-state index contributed by atoms with van der Waals surface area (Å²) < 4.78 is 0. The van der Waals surface area contributed by atoms with Crippen molar-refractivity contribution in [3.63, 3.8) is 0 Å². The first-order chi connectivity index (χ1) is 7.74. The topological polar surface area (TPSA) is 55.1 Å². The van der Waals surface area contributed by atoms with Gasteiger partial charge in [-0.25, -0.2) is 0 Å². The van der Waals surface area contributed by atoms with E-state index in [-0.39, 0.29) is 18.3 Å². The van der Waals surface area contributed by atoms with Crippen molar-refractivity contribution in [3.05, 3.63) is 29.8 Å². The van der Waals surface area contributed by atoms with Crippen molar-refractivity contribution in [2.24, 2.45) is 5.92 Å². The zero-order chi connectivity index (χ0) is 11.4. The van der Waals surface area contributed by atoms with Gasteiger partial charge in [0.2, 0.25) is 5.91 Å². The normalized spacial score (nSPS) is 13.9. The molecule has 1 aromatic carbocycles. The van der Waals surface area contributed by atoms with Crippen LogP contribution in [0.25, 0.3) is 0 Å². The Bertz CT molecular complexity index is 360. The van der Waals surface area contributed by atoms with Gasteiger partial charge in [-0.3, -0.25) is 4.79 Å². The zero-order valence-corrected chi connectivity index (χ0v) is 10.6. The first-order valence-corrected chi connectivity index (χ1v) is 5.85. The molecule has 0 saturated heterocycles. The molecular weight excluding hydrogens is 236 g/mol. The largest absolute Gasteiger partial charge is 0.399 e. The summed E-state index contributed by atoms with van der Waals surface area (Å²) in [6.07, 6.45) is 4.26. The molecule has 0 aromatic heterocycles. The standard InChI is InChI=1S/C13H18N2O.ClH/c14-12-5-3-11(4-6-12)9-13(16)15-8-7-10-1-2-10;/h3-6,10H,1-2,7-9,14H2,(H,15,16);1H. The molecule has 0 aliphatic heterocycles. The van der Waals surface area contributed by atoms with Gasteiger partial charge in [-0.2, -0.15) is 0 Å². The first kappa shape index (κ1) is 13.8. The Morgan fingerprint density at radius 1 is 1.29 bits per heavy atom. The molecule has 1 aliphatic carbocycles. The fourth-order valence-electron chi connectivity index (χ4n) is 1.71.